The highest BCUT2D eigenvalue weighted by Crippen LogP contribution is 2.61. The normalized spacial score (nSPS) is 21.3. The lowest BCUT2D eigenvalue weighted by Gasteiger charge is -2.40. The summed E-state index contributed by atoms with van der Waals surface area (Å²) in [5.41, 5.74) is 9.63. The fourth-order valence-electron chi connectivity index (χ4n) is 4.72. The summed E-state index contributed by atoms with van der Waals surface area (Å²) in [6.45, 7) is 0. The maximum atomic E-state index is 3.70. The predicted molar refractivity (Wildman–Crippen MR) is 103 cm³/mol. The lowest BCUT2D eigenvalue weighted by atomic mass is 9.77. The summed E-state index contributed by atoms with van der Waals surface area (Å²) >= 11 is 3.70. The van der Waals surface area contributed by atoms with Gasteiger partial charge in [-0.25, -0.2) is 0 Å². The van der Waals surface area contributed by atoms with Gasteiger partial charge in [-0.1, -0.05) is 64.5 Å². The van der Waals surface area contributed by atoms with Crippen LogP contribution in [0.4, 0.5) is 11.4 Å². The van der Waals surface area contributed by atoms with Crippen molar-refractivity contribution in [3.05, 3.63) is 87.9 Å². The number of hydrogen-bond acceptors (Lipinski definition) is 1. The van der Waals surface area contributed by atoms with Crippen molar-refractivity contribution in [1.82, 2.24) is 0 Å². The number of fused-ring (bicyclic) bond motifs is 6. The minimum atomic E-state index is 0.375. The van der Waals surface area contributed by atoms with Gasteiger partial charge in [0.1, 0.15) is 0 Å². The molecule has 2 unspecified atom stereocenters. The summed E-state index contributed by atoms with van der Waals surface area (Å²) in [5, 5.41) is 0. The summed E-state index contributed by atoms with van der Waals surface area (Å²) in [5.74, 6) is 0.432. The Kier molecular flexibility index (Phi) is 2.39. The molecule has 1 nitrogen and oxygen atoms in total. The van der Waals surface area contributed by atoms with Crippen LogP contribution in [-0.4, -0.2) is 0 Å². The molecule has 3 aromatic rings. The molecule has 0 spiro atoms. The molecule has 3 aromatic carbocycles. The molecule has 0 amide bonds. The lowest BCUT2D eigenvalue weighted by molar-refractivity contribution is 0.662. The Morgan fingerprint density at radius 3 is 2.54 bits per heavy atom. The van der Waals surface area contributed by atoms with Crippen molar-refractivity contribution in [2.24, 2.45) is 0 Å². The Labute approximate surface area is 149 Å². The van der Waals surface area contributed by atoms with E-state index < -0.39 is 0 Å². The van der Waals surface area contributed by atoms with Crippen molar-refractivity contribution in [1.29, 1.82) is 0 Å². The number of halogens is 1. The first-order valence-corrected chi connectivity index (χ1v) is 9.11. The molecule has 0 saturated carbocycles. The average Bonchev–Trinajstić information content (AvgIpc) is 2.96. The van der Waals surface area contributed by atoms with Crippen LogP contribution in [0.3, 0.4) is 0 Å². The van der Waals surface area contributed by atoms with E-state index in [9.17, 15) is 0 Å². The van der Waals surface area contributed by atoms with Gasteiger partial charge < -0.3 is 4.90 Å². The summed E-state index contributed by atoms with van der Waals surface area (Å²) in [6, 6.07) is 22.6. The molecule has 0 bridgehead atoms. The third-order valence-electron chi connectivity index (χ3n) is 5.58. The smallest absolute Gasteiger partial charge is 0.0707 e. The van der Waals surface area contributed by atoms with E-state index in [1.54, 1.807) is 0 Å². The zero-order valence-corrected chi connectivity index (χ0v) is 14.5. The number of para-hydroxylation sites is 2. The molecule has 24 heavy (non-hydrogen) atoms. The monoisotopic (exact) mass is 371 g/mol. The molecular weight excluding hydrogens is 358 g/mol. The third kappa shape index (κ3) is 1.46. The van der Waals surface area contributed by atoms with Gasteiger partial charge in [0.15, 0.2) is 0 Å². The Morgan fingerprint density at radius 2 is 1.62 bits per heavy atom. The van der Waals surface area contributed by atoms with Crippen LogP contribution in [-0.2, 0) is 0 Å². The van der Waals surface area contributed by atoms with Gasteiger partial charge >= 0.3 is 0 Å². The zero-order valence-electron chi connectivity index (χ0n) is 12.9. The SMILES string of the molecule is Brc1cc2c3c(c1)-c1ccccc1N1c4ccccc4C(C=C2)C31. The Balaban J connectivity index is 1.79. The zero-order chi connectivity index (χ0) is 15.8. The van der Waals surface area contributed by atoms with Crippen molar-refractivity contribution in [3.63, 3.8) is 0 Å². The maximum absolute atomic E-state index is 3.70. The van der Waals surface area contributed by atoms with Crippen LogP contribution in [0.5, 0.6) is 0 Å². The molecule has 2 heteroatoms. The van der Waals surface area contributed by atoms with E-state index in [2.05, 4.69) is 93.6 Å². The van der Waals surface area contributed by atoms with Crippen LogP contribution in [0.2, 0.25) is 0 Å². The Bertz CT molecular complexity index is 1050. The Morgan fingerprint density at radius 1 is 0.833 bits per heavy atom. The minimum absolute atomic E-state index is 0.375. The number of hydrogen-bond donors (Lipinski definition) is 0. The highest BCUT2D eigenvalue weighted by Gasteiger charge is 2.45. The fourth-order valence-corrected chi connectivity index (χ4v) is 5.19. The molecule has 0 radical (unpaired) electrons. The molecule has 2 aliphatic heterocycles. The molecular formula is C22H14BrN. The van der Waals surface area contributed by atoms with Gasteiger partial charge in [0.25, 0.3) is 0 Å². The van der Waals surface area contributed by atoms with E-state index in [0.717, 1.165) is 4.47 Å². The van der Waals surface area contributed by atoms with E-state index >= 15 is 0 Å². The van der Waals surface area contributed by atoms with Crippen molar-refractivity contribution >= 4 is 33.4 Å². The van der Waals surface area contributed by atoms with Gasteiger partial charge in [-0.3, -0.25) is 0 Å². The third-order valence-corrected chi connectivity index (χ3v) is 6.04. The molecule has 0 N–H and O–H groups in total. The number of benzene rings is 3. The second-order valence-electron chi connectivity index (χ2n) is 6.73. The highest BCUT2D eigenvalue weighted by molar-refractivity contribution is 9.10. The van der Waals surface area contributed by atoms with E-state index in [0.29, 0.717) is 12.0 Å². The molecule has 0 saturated heterocycles. The van der Waals surface area contributed by atoms with Crippen molar-refractivity contribution in [2.45, 2.75) is 12.0 Å². The molecule has 0 fully saturated rings. The second-order valence-corrected chi connectivity index (χ2v) is 7.65. The summed E-state index contributed by atoms with van der Waals surface area (Å²) in [6.07, 6.45) is 4.69. The second kappa shape index (κ2) is 4.40. The molecule has 0 aromatic heterocycles. The maximum Gasteiger partial charge on any atom is 0.0707 e. The Hall–Kier alpha value is -2.32. The molecule has 3 aliphatic rings. The van der Waals surface area contributed by atoms with Gasteiger partial charge in [0.2, 0.25) is 0 Å². The standard InChI is InChI=1S/C22H14BrN/c23-14-11-13-9-10-17-15-5-1-3-7-19(15)24-20-8-4-2-6-16(20)18(12-14)21(13)22(17)24/h1-12,17,22H. The van der Waals surface area contributed by atoms with Gasteiger partial charge in [0.05, 0.1) is 6.04 Å². The van der Waals surface area contributed by atoms with Crippen molar-refractivity contribution in [3.8, 4) is 11.1 Å². The molecule has 2 heterocycles. The van der Waals surface area contributed by atoms with Gasteiger partial charge in [-0.05, 0) is 46.5 Å². The summed E-state index contributed by atoms with van der Waals surface area (Å²) in [4.78, 5) is 2.55. The van der Waals surface area contributed by atoms with Gasteiger partial charge in [-0.2, -0.15) is 0 Å². The molecule has 2 atom stereocenters. The predicted octanol–water partition coefficient (Wildman–Crippen LogP) is 6.43. The van der Waals surface area contributed by atoms with E-state index in [-0.39, 0.29) is 0 Å². The first-order chi connectivity index (χ1) is 11.8. The minimum Gasteiger partial charge on any atom is -0.332 e. The number of rotatable bonds is 0. The first kappa shape index (κ1) is 13.0. The quantitative estimate of drug-likeness (QED) is 0.439. The highest BCUT2D eigenvalue weighted by atomic mass is 79.9. The van der Waals surface area contributed by atoms with Crippen LogP contribution < -0.4 is 4.90 Å². The largest absolute Gasteiger partial charge is 0.332 e. The summed E-state index contributed by atoms with van der Waals surface area (Å²) < 4.78 is 1.15. The van der Waals surface area contributed by atoms with E-state index in [1.165, 1.54) is 39.2 Å². The molecule has 114 valence electrons. The number of anilines is 2. The van der Waals surface area contributed by atoms with E-state index in [4.69, 9.17) is 0 Å². The topological polar surface area (TPSA) is 3.24 Å². The first-order valence-electron chi connectivity index (χ1n) is 8.32. The van der Waals surface area contributed by atoms with Crippen LogP contribution in [0.25, 0.3) is 17.2 Å². The van der Waals surface area contributed by atoms with Crippen molar-refractivity contribution < 1.29 is 0 Å². The lowest BCUT2D eigenvalue weighted by Crippen LogP contribution is -2.28. The van der Waals surface area contributed by atoms with Gasteiger partial charge in [-0.15, -0.1) is 0 Å². The van der Waals surface area contributed by atoms with Crippen LogP contribution in [0, 0.1) is 0 Å². The van der Waals surface area contributed by atoms with Gasteiger partial charge in [0, 0.05) is 27.3 Å². The number of nitrogens with zero attached hydrogens (tertiary/aromatic N) is 1. The van der Waals surface area contributed by atoms with Crippen molar-refractivity contribution in [2.75, 3.05) is 4.90 Å². The fraction of sp³-hybridized carbons (Fsp3) is 0.0909. The van der Waals surface area contributed by atoms with Crippen LogP contribution >= 0.6 is 15.9 Å². The van der Waals surface area contributed by atoms with Crippen LogP contribution in [0.1, 0.15) is 28.7 Å². The van der Waals surface area contributed by atoms with E-state index in [1.807, 2.05) is 0 Å². The van der Waals surface area contributed by atoms with Crippen LogP contribution in [0.15, 0.2) is 71.2 Å². The molecule has 1 aliphatic carbocycles. The summed E-state index contributed by atoms with van der Waals surface area (Å²) in [7, 11) is 0. The average molecular weight is 372 g/mol. The molecule has 6 rings (SSSR count).